The molecule has 0 saturated heterocycles. The summed E-state index contributed by atoms with van der Waals surface area (Å²) in [6.45, 7) is 7.14. The van der Waals surface area contributed by atoms with Crippen molar-refractivity contribution in [3.8, 4) is 22.5 Å². The fraction of sp³-hybridized carbons (Fsp3) is 0.387. The molecule has 0 amide bonds. The molecule has 2 aromatic carbocycles. The van der Waals surface area contributed by atoms with Crippen molar-refractivity contribution in [2.75, 3.05) is 66.6 Å². The molecule has 2 aliphatic rings. The van der Waals surface area contributed by atoms with E-state index in [2.05, 4.69) is 28.2 Å². The molecule has 0 bridgehead atoms. The van der Waals surface area contributed by atoms with Crippen LogP contribution in [0.2, 0.25) is 6.04 Å². The predicted molar refractivity (Wildman–Crippen MR) is 170 cm³/mol. The van der Waals surface area contributed by atoms with Crippen molar-refractivity contribution < 1.29 is 30.7 Å². The lowest BCUT2D eigenvalue weighted by Crippen LogP contribution is -2.46. The Kier molecular flexibility index (Phi) is 10.4. The van der Waals surface area contributed by atoms with E-state index >= 15 is 0 Å². The summed E-state index contributed by atoms with van der Waals surface area (Å²) in [5.41, 5.74) is 3.29. The zero-order valence-electron chi connectivity index (χ0n) is 25.9. The zero-order valence-corrected chi connectivity index (χ0v) is 27.7. The molecule has 43 heavy (non-hydrogen) atoms. The second-order valence-corrected chi connectivity index (χ2v) is 14.9. The molecular weight excluding hydrogens is 587 g/mol. The van der Waals surface area contributed by atoms with Gasteiger partial charge in [-0.15, -0.1) is 0 Å². The van der Waals surface area contributed by atoms with Gasteiger partial charge in [-0.3, -0.25) is 4.90 Å². The van der Waals surface area contributed by atoms with Gasteiger partial charge >= 0.3 is 8.80 Å². The molecule has 1 aliphatic heterocycles. The first kappa shape index (κ1) is 32.8. The summed E-state index contributed by atoms with van der Waals surface area (Å²) in [7, 11) is 1.41. The highest BCUT2D eigenvalue weighted by Gasteiger charge is 2.37. The molecule has 0 atom stereocenters. The summed E-state index contributed by atoms with van der Waals surface area (Å²) < 4.78 is 62.2. The number of nitrogens with zero attached hydrogens (tertiary/aromatic N) is 3. The summed E-state index contributed by atoms with van der Waals surface area (Å²) in [6.07, 6.45) is 0. The van der Waals surface area contributed by atoms with E-state index in [9.17, 15) is 13.0 Å². The largest absolute Gasteiger partial charge is 0.744 e. The van der Waals surface area contributed by atoms with Gasteiger partial charge in [-0.1, -0.05) is 18.2 Å². The molecule has 0 aromatic heterocycles. The highest BCUT2D eigenvalue weighted by molar-refractivity contribution is 7.85. The van der Waals surface area contributed by atoms with Crippen molar-refractivity contribution in [2.45, 2.75) is 24.8 Å². The lowest BCUT2D eigenvalue weighted by Gasteiger charge is -2.26. The lowest BCUT2D eigenvalue weighted by molar-refractivity contribution is 0.119. The average molecular weight is 628 g/mol. The lowest BCUT2D eigenvalue weighted by atomic mass is 9.93. The van der Waals surface area contributed by atoms with Gasteiger partial charge in [0.05, 0.1) is 11.0 Å². The molecule has 2 aromatic rings. The Labute approximate surface area is 255 Å². The molecule has 10 nitrogen and oxygen atoms in total. The van der Waals surface area contributed by atoms with Gasteiger partial charge in [0.15, 0.2) is 6.67 Å². The van der Waals surface area contributed by atoms with Gasteiger partial charge in [-0.2, -0.15) is 0 Å². The summed E-state index contributed by atoms with van der Waals surface area (Å²) in [6, 6.07) is 18.7. The number of benzene rings is 3. The third-order valence-corrected chi connectivity index (χ3v) is 11.5. The monoisotopic (exact) mass is 627 g/mol. The van der Waals surface area contributed by atoms with Gasteiger partial charge in [-0.25, -0.2) is 13.0 Å². The van der Waals surface area contributed by atoms with Crippen LogP contribution in [-0.4, -0.2) is 88.4 Å². The molecule has 0 N–H and O–H groups in total. The number of fused-ring (bicyclic) bond motifs is 2. The summed E-state index contributed by atoms with van der Waals surface area (Å²) in [4.78, 5) is 4.10. The summed E-state index contributed by atoms with van der Waals surface area (Å²) in [5.74, 6) is 0.578. The van der Waals surface area contributed by atoms with Crippen molar-refractivity contribution in [3.63, 3.8) is 0 Å². The first-order valence-electron chi connectivity index (χ1n) is 14.2. The fourth-order valence-corrected chi connectivity index (χ4v) is 7.92. The first-order chi connectivity index (χ1) is 20.5. The molecule has 1 heterocycles. The van der Waals surface area contributed by atoms with Gasteiger partial charge in [0.25, 0.3) is 0 Å². The highest BCUT2D eigenvalue weighted by atomic mass is 32.2. The standard InChI is InChI=1S/C31H41N3O7SSi/c1-8-34(9-2)24-15-17-26-29(21-24)41-28-20-23(33(4)22-32(3)18-19-43(38-5,39-6)40-7)14-16-25(28)31(26)27-12-10-11-13-30(27)42(35,36)37/h10-17,20-21H,8-9,18-19,22H2,1-7H3. The van der Waals surface area contributed by atoms with Crippen LogP contribution in [0.1, 0.15) is 13.8 Å². The van der Waals surface area contributed by atoms with Crippen LogP contribution in [0.15, 0.2) is 70.0 Å². The highest BCUT2D eigenvalue weighted by Crippen LogP contribution is 2.42. The Balaban J connectivity index is 1.88. The third-order valence-electron chi connectivity index (χ3n) is 7.87. The maximum Gasteiger partial charge on any atom is 0.501 e. The Morgan fingerprint density at radius 3 is 2.23 bits per heavy atom. The quantitative estimate of drug-likeness (QED) is 0.0711. The minimum Gasteiger partial charge on any atom is -0.744 e. The number of hydrogen-bond donors (Lipinski definition) is 0. The Morgan fingerprint density at radius 1 is 0.930 bits per heavy atom. The number of hydrogen-bond acceptors (Lipinski definition) is 9. The fourth-order valence-electron chi connectivity index (χ4n) is 5.47. The van der Waals surface area contributed by atoms with Crippen molar-refractivity contribution in [2.24, 2.45) is 0 Å². The molecule has 0 spiro atoms. The molecule has 0 saturated carbocycles. The van der Waals surface area contributed by atoms with Crippen LogP contribution < -0.4 is 14.8 Å². The zero-order chi connectivity index (χ0) is 31.4. The van der Waals surface area contributed by atoms with E-state index in [0.717, 1.165) is 29.5 Å². The van der Waals surface area contributed by atoms with E-state index < -0.39 is 18.9 Å². The second-order valence-electron chi connectivity index (χ2n) is 10.4. The topological polar surface area (TPSA) is 108 Å². The molecule has 0 unspecified atom stereocenters. The SMILES string of the molecule is CCN(CC)c1ccc2c(-c3ccccc3S(=O)(=O)[O-])c3cc/c(=[N+](/C)CN(C)CC[Si](OC)(OC)OC)cc-3oc2c1. The minimum atomic E-state index is -4.73. The van der Waals surface area contributed by atoms with Crippen LogP contribution in [0, 0.1) is 0 Å². The van der Waals surface area contributed by atoms with E-state index in [4.69, 9.17) is 17.7 Å². The van der Waals surface area contributed by atoms with Gasteiger partial charge in [0, 0.05) is 86.9 Å². The van der Waals surface area contributed by atoms with E-state index in [1.54, 1.807) is 39.5 Å². The molecule has 4 rings (SSSR count). The van der Waals surface area contributed by atoms with Crippen molar-refractivity contribution in [1.29, 1.82) is 0 Å². The molecule has 0 fully saturated rings. The van der Waals surface area contributed by atoms with Crippen molar-refractivity contribution in [1.82, 2.24) is 9.48 Å². The van der Waals surface area contributed by atoms with Crippen LogP contribution in [0.5, 0.6) is 0 Å². The van der Waals surface area contributed by atoms with E-state index in [1.807, 2.05) is 50.5 Å². The van der Waals surface area contributed by atoms with Gasteiger partial charge in [0.1, 0.15) is 28.5 Å². The average Bonchev–Trinajstić information content (AvgIpc) is 3.00. The number of anilines is 1. The van der Waals surface area contributed by atoms with Crippen LogP contribution in [-0.2, 0) is 23.4 Å². The normalized spacial score (nSPS) is 13.2. The maximum atomic E-state index is 12.3. The Morgan fingerprint density at radius 2 is 1.60 bits per heavy atom. The van der Waals surface area contributed by atoms with Gasteiger partial charge in [0.2, 0.25) is 5.36 Å². The minimum absolute atomic E-state index is 0.262. The number of rotatable bonds is 13. The first-order valence-corrected chi connectivity index (χ1v) is 17.5. The van der Waals surface area contributed by atoms with Crippen LogP contribution in [0.4, 0.5) is 5.69 Å². The van der Waals surface area contributed by atoms with Crippen molar-refractivity contribution in [3.05, 3.63) is 66.0 Å². The molecule has 1 aliphatic carbocycles. The summed E-state index contributed by atoms with van der Waals surface area (Å²) in [5, 5.41) is 1.63. The molecule has 12 heteroatoms. The Bertz CT molecular complexity index is 1710. The smallest absolute Gasteiger partial charge is 0.501 e. The van der Waals surface area contributed by atoms with Gasteiger partial charge in [-0.05, 0) is 45.2 Å². The molecular formula is C31H41N3O7SSi. The van der Waals surface area contributed by atoms with Gasteiger partial charge < -0.3 is 27.1 Å². The summed E-state index contributed by atoms with van der Waals surface area (Å²) >= 11 is 0. The molecule has 232 valence electrons. The third kappa shape index (κ3) is 7.01. The van der Waals surface area contributed by atoms with E-state index in [-0.39, 0.29) is 4.90 Å². The second kappa shape index (κ2) is 13.7. The van der Waals surface area contributed by atoms with Crippen LogP contribution >= 0.6 is 0 Å². The molecule has 0 radical (unpaired) electrons. The van der Waals surface area contributed by atoms with Crippen molar-refractivity contribution >= 4 is 35.6 Å². The maximum absolute atomic E-state index is 12.3. The van der Waals surface area contributed by atoms with E-state index in [1.165, 1.54) is 6.07 Å². The van der Waals surface area contributed by atoms with Crippen LogP contribution in [0.25, 0.3) is 33.4 Å². The Hall–Kier alpha value is -3.10. The van der Waals surface area contributed by atoms with E-state index in [0.29, 0.717) is 47.3 Å². The predicted octanol–water partition coefficient (Wildman–Crippen LogP) is 4.12. The van der Waals surface area contributed by atoms with Crippen LogP contribution in [0.3, 0.4) is 0 Å².